The van der Waals surface area contributed by atoms with Crippen LogP contribution in [-0.4, -0.2) is 45.2 Å². The molecular formula is C18H26N2O5S. The second-order valence-corrected chi connectivity index (χ2v) is 9.00. The topological polar surface area (TPSA) is 92.8 Å². The summed E-state index contributed by atoms with van der Waals surface area (Å²) in [4.78, 5) is 24.3. The van der Waals surface area contributed by atoms with Crippen molar-refractivity contribution < 1.29 is 22.7 Å². The first-order valence-electron chi connectivity index (χ1n) is 8.61. The number of carbonyl (C=O) groups is 2. The summed E-state index contributed by atoms with van der Waals surface area (Å²) < 4.78 is 30.5. The number of esters is 1. The van der Waals surface area contributed by atoms with Crippen LogP contribution in [0.3, 0.4) is 0 Å². The van der Waals surface area contributed by atoms with Crippen LogP contribution in [0.5, 0.6) is 0 Å². The first kappa shape index (κ1) is 20.2. The molecule has 0 radical (unpaired) electrons. The molecule has 1 aliphatic heterocycles. The fourth-order valence-electron chi connectivity index (χ4n) is 2.97. The Bertz CT molecular complexity index is 804. The van der Waals surface area contributed by atoms with Crippen LogP contribution >= 0.6 is 0 Å². The Kier molecular flexibility index (Phi) is 5.95. The minimum absolute atomic E-state index is 0.202. The van der Waals surface area contributed by atoms with Gasteiger partial charge in [-0.2, -0.15) is 0 Å². The maximum Gasteiger partial charge on any atom is 0.338 e. The van der Waals surface area contributed by atoms with Gasteiger partial charge in [0.2, 0.25) is 10.0 Å². The summed E-state index contributed by atoms with van der Waals surface area (Å²) in [6, 6.07) is 4.57. The molecule has 1 aromatic carbocycles. The minimum Gasteiger partial charge on any atom is -0.449 e. The van der Waals surface area contributed by atoms with Crippen molar-refractivity contribution in [1.29, 1.82) is 0 Å². The van der Waals surface area contributed by atoms with Crippen LogP contribution in [0.15, 0.2) is 18.2 Å². The molecule has 2 unspecified atom stereocenters. The van der Waals surface area contributed by atoms with E-state index < -0.39 is 22.1 Å². The lowest BCUT2D eigenvalue weighted by Crippen LogP contribution is -2.37. The predicted molar refractivity (Wildman–Crippen MR) is 99.7 cm³/mol. The lowest BCUT2D eigenvalue weighted by molar-refractivity contribution is -0.129. The van der Waals surface area contributed by atoms with E-state index in [1.807, 2.05) is 20.8 Å². The molecule has 0 aliphatic carbocycles. The van der Waals surface area contributed by atoms with Gasteiger partial charge in [-0.1, -0.05) is 13.8 Å². The van der Waals surface area contributed by atoms with Crippen LogP contribution in [0.2, 0.25) is 0 Å². The summed E-state index contributed by atoms with van der Waals surface area (Å²) in [5, 5.41) is 2.72. The molecule has 2 rings (SSSR count). The van der Waals surface area contributed by atoms with Crippen LogP contribution in [0, 0.1) is 5.92 Å². The lowest BCUT2D eigenvalue weighted by Gasteiger charge is -2.22. The number of anilines is 1. The molecule has 0 bridgehead atoms. The number of fused-ring (bicyclic) bond motifs is 1. The molecule has 8 heteroatoms. The second kappa shape index (κ2) is 7.65. The molecule has 1 N–H and O–H groups in total. The van der Waals surface area contributed by atoms with E-state index in [0.29, 0.717) is 30.1 Å². The van der Waals surface area contributed by atoms with Crippen LogP contribution in [-0.2, 0) is 26.0 Å². The van der Waals surface area contributed by atoms with E-state index in [4.69, 9.17) is 4.74 Å². The van der Waals surface area contributed by atoms with Gasteiger partial charge >= 0.3 is 5.97 Å². The monoisotopic (exact) mass is 382 g/mol. The summed E-state index contributed by atoms with van der Waals surface area (Å²) in [6.07, 6.45) is 0.785. The zero-order valence-electron chi connectivity index (χ0n) is 15.8. The van der Waals surface area contributed by atoms with E-state index in [1.54, 1.807) is 12.1 Å². The Labute approximate surface area is 154 Å². The van der Waals surface area contributed by atoms with Gasteiger partial charge in [0.15, 0.2) is 6.10 Å². The fourth-order valence-corrected chi connectivity index (χ4v) is 4.23. The van der Waals surface area contributed by atoms with Crippen LogP contribution in [0.25, 0.3) is 0 Å². The predicted octanol–water partition coefficient (Wildman–Crippen LogP) is 1.71. The number of carbonyl (C=O) groups excluding carboxylic acids is 2. The highest BCUT2D eigenvalue weighted by atomic mass is 32.2. The number of hydrogen-bond acceptors (Lipinski definition) is 5. The number of nitrogens with one attached hydrogen (secondary N) is 1. The number of ether oxygens (including phenoxy) is 1. The zero-order valence-corrected chi connectivity index (χ0v) is 16.6. The normalized spacial score (nSPS) is 17.8. The minimum atomic E-state index is -3.38. The van der Waals surface area contributed by atoms with E-state index in [0.717, 1.165) is 11.8 Å². The Hall–Kier alpha value is -2.09. The molecule has 0 aromatic heterocycles. The Morgan fingerprint density at radius 1 is 1.31 bits per heavy atom. The molecule has 0 saturated heterocycles. The first-order chi connectivity index (χ1) is 12.0. The molecule has 26 heavy (non-hydrogen) atoms. The van der Waals surface area contributed by atoms with Crippen LogP contribution < -0.4 is 9.62 Å². The molecule has 1 heterocycles. The molecule has 1 aliphatic rings. The lowest BCUT2D eigenvalue weighted by atomic mass is 10.1. The van der Waals surface area contributed by atoms with Crippen molar-refractivity contribution in [2.75, 3.05) is 17.1 Å². The maximum absolute atomic E-state index is 12.3. The molecular weight excluding hydrogens is 356 g/mol. The van der Waals surface area contributed by atoms with Crippen molar-refractivity contribution in [1.82, 2.24) is 5.32 Å². The van der Waals surface area contributed by atoms with Crippen LogP contribution in [0.4, 0.5) is 5.69 Å². The van der Waals surface area contributed by atoms with Gasteiger partial charge < -0.3 is 10.1 Å². The van der Waals surface area contributed by atoms with E-state index >= 15 is 0 Å². The third kappa shape index (κ3) is 4.55. The van der Waals surface area contributed by atoms with Gasteiger partial charge in [0.25, 0.3) is 5.91 Å². The highest BCUT2D eigenvalue weighted by molar-refractivity contribution is 7.92. The number of sulfonamides is 1. The molecule has 2 atom stereocenters. The molecule has 7 nitrogen and oxygen atoms in total. The van der Waals surface area contributed by atoms with Crippen molar-refractivity contribution in [3.63, 3.8) is 0 Å². The number of benzene rings is 1. The number of rotatable bonds is 6. The molecule has 0 saturated carbocycles. The number of amides is 1. The quantitative estimate of drug-likeness (QED) is 0.756. The Morgan fingerprint density at radius 2 is 1.96 bits per heavy atom. The van der Waals surface area contributed by atoms with Crippen molar-refractivity contribution in [3.05, 3.63) is 29.3 Å². The summed E-state index contributed by atoms with van der Waals surface area (Å²) in [7, 11) is -3.38. The SMILES string of the molecule is CC(C)CNC(=O)C(C)OC(=O)c1ccc2c(c1)CC(C)N2S(C)(=O)=O. The average Bonchev–Trinajstić information content (AvgIpc) is 2.86. The number of hydrogen-bond donors (Lipinski definition) is 1. The van der Waals surface area contributed by atoms with Crippen molar-refractivity contribution in [3.8, 4) is 0 Å². The summed E-state index contributed by atoms with van der Waals surface area (Å²) in [6.45, 7) is 7.80. The van der Waals surface area contributed by atoms with E-state index in [2.05, 4.69) is 5.32 Å². The van der Waals surface area contributed by atoms with E-state index in [9.17, 15) is 18.0 Å². The largest absolute Gasteiger partial charge is 0.449 e. The molecule has 0 spiro atoms. The molecule has 1 amide bonds. The van der Waals surface area contributed by atoms with E-state index in [1.165, 1.54) is 17.3 Å². The fraction of sp³-hybridized carbons (Fsp3) is 0.556. The van der Waals surface area contributed by atoms with Crippen molar-refractivity contribution in [2.45, 2.75) is 46.3 Å². The van der Waals surface area contributed by atoms with Gasteiger partial charge in [-0.3, -0.25) is 9.10 Å². The van der Waals surface area contributed by atoms with Gasteiger partial charge in [0.05, 0.1) is 17.5 Å². The third-order valence-electron chi connectivity index (χ3n) is 4.16. The molecule has 144 valence electrons. The average molecular weight is 382 g/mol. The van der Waals surface area contributed by atoms with E-state index in [-0.39, 0.29) is 11.9 Å². The van der Waals surface area contributed by atoms with Gasteiger partial charge in [-0.05, 0) is 49.9 Å². The highest BCUT2D eigenvalue weighted by Crippen LogP contribution is 2.34. The standard InChI is InChI=1S/C18H26N2O5S/c1-11(2)10-19-17(21)13(4)25-18(22)14-6-7-16-15(9-14)8-12(3)20(16)26(5,23)24/h6-7,9,11-13H,8,10H2,1-5H3,(H,19,21). The van der Waals surface area contributed by atoms with Gasteiger partial charge in [-0.15, -0.1) is 0 Å². The van der Waals surface area contributed by atoms with Gasteiger partial charge in [-0.25, -0.2) is 13.2 Å². The second-order valence-electron chi connectivity index (χ2n) is 7.14. The highest BCUT2D eigenvalue weighted by Gasteiger charge is 2.33. The first-order valence-corrected chi connectivity index (χ1v) is 10.5. The van der Waals surface area contributed by atoms with Crippen molar-refractivity contribution >= 4 is 27.6 Å². The smallest absolute Gasteiger partial charge is 0.338 e. The summed E-state index contributed by atoms with van der Waals surface area (Å²) in [5.74, 6) is -0.645. The Balaban J connectivity index is 2.10. The maximum atomic E-state index is 12.3. The van der Waals surface area contributed by atoms with Gasteiger partial charge in [0, 0.05) is 12.6 Å². The number of nitrogens with zero attached hydrogens (tertiary/aromatic N) is 1. The summed E-state index contributed by atoms with van der Waals surface area (Å²) in [5.41, 5.74) is 1.66. The summed E-state index contributed by atoms with van der Waals surface area (Å²) >= 11 is 0. The molecule has 0 fully saturated rings. The van der Waals surface area contributed by atoms with Gasteiger partial charge in [0.1, 0.15) is 0 Å². The third-order valence-corrected chi connectivity index (χ3v) is 5.43. The zero-order chi connectivity index (χ0) is 19.6. The Morgan fingerprint density at radius 3 is 2.54 bits per heavy atom. The molecule has 1 aromatic rings. The van der Waals surface area contributed by atoms with Crippen molar-refractivity contribution in [2.24, 2.45) is 5.92 Å². The van der Waals surface area contributed by atoms with Crippen LogP contribution in [0.1, 0.15) is 43.6 Å².